The van der Waals surface area contributed by atoms with E-state index < -0.39 is 28.3 Å². The first kappa shape index (κ1) is 15.9. The highest BCUT2D eigenvalue weighted by atomic mass is 19.1. The van der Waals surface area contributed by atoms with Crippen LogP contribution in [0, 0.1) is 15.9 Å². The third kappa shape index (κ3) is 2.93. The molecule has 0 saturated heterocycles. The smallest absolute Gasteiger partial charge is 0.345 e. The molecule has 1 heterocycles. The minimum Gasteiger partial charge on any atom is -0.431 e. The second kappa shape index (κ2) is 6.10. The summed E-state index contributed by atoms with van der Waals surface area (Å²) in [6.45, 7) is 3.24. The van der Waals surface area contributed by atoms with Gasteiger partial charge in [0.25, 0.3) is 5.91 Å². The molecule has 0 aliphatic rings. The van der Waals surface area contributed by atoms with Gasteiger partial charge < -0.3 is 15.5 Å². The van der Waals surface area contributed by atoms with Crippen molar-refractivity contribution < 1.29 is 23.6 Å². The van der Waals surface area contributed by atoms with Crippen molar-refractivity contribution >= 4 is 17.6 Å². The normalized spacial score (nSPS) is 10.1. The second-order valence-electron chi connectivity index (χ2n) is 4.31. The predicted molar refractivity (Wildman–Crippen MR) is 77.0 cm³/mol. The average Bonchev–Trinajstić information content (AvgIpc) is 2.92. The van der Waals surface area contributed by atoms with Gasteiger partial charge in [0.05, 0.1) is 16.7 Å². The van der Waals surface area contributed by atoms with Gasteiger partial charge in [-0.1, -0.05) is 6.58 Å². The number of nitro groups is 1. The highest BCUT2D eigenvalue weighted by Gasteiger charge is 2.24. The van der Waals surface area contributed by atoms with Crippen molar-refractivity contribution in [2.24, 2.45) is 5.73 Å². The van der Waals surface area contributed by atoms with E-state index in [0.717, 1.165) is 18.4 Å². The van der Waals surface area contributed by atoms with Crippen LogP contribution in [-0.2, 0) is 4.74 Å². The molecule has 0 atom stereocenters. The zero-order valence-corrected chi connectivity index (χ0v) is 11.5. The molecule has 1 aromatic heterocycles. The Bertz CT molecular complexity index is 828. The minimum atomic E-state index is -1.12. The van der Waals surface area contributed by atoms with Crippen LogP contribution in [-0.4, -0.2) is 21.8 Å². The quantitative estimate of drug-likeness (QED) is 0.377. The van der Waals surface area contributed by atoms with E-state index in [4.69, 9.17) is 5.73 Å². The van der Waals surface area contributed by atoms with Crippen LogP contribution >= 0.6 is 0 Å². The van der Waals surface area contributed by atoms with Crippen molar-refractivity contribution in [3.63, 3.8) is 0 Å². The molecule has 0 fully saturated rings. The van der Waals surface area contributed by atoms with Gasteiger partial charge in [-0.15, -0.1) is 0 Å². The van der Waals surface area contributed by atoms with Crippen molar-refractivity contribution in [1.82, 2.24) is 4.98 Å². The Labute approximate surface area is 128 Å². The molecular formula is C14H10FN3O5. The molecule has 8 nitrogen and oxygen atoms in total. The molecular weight excluding hydrogens is 309 g/mol. The van der Waals surface area contributed by atoms with E-state index in [1.54, 1.807) is 0 Å². The number of benzene rings is 1. The third-order valence-electron chi connectivity index (χ3n) is 2.97. The number of ether oxygens (including phenoxy) is 1. The lowest BCUT2D eigenvalue weighted by Crippen LogP contribution is -2.13. The predicted octanol–water partition coefficient (Wildman–Crippen LogP) is 2.13. The minimum absolute atomic E-state index is 0.0156. The van der Waals surface area contributed by atoms with Crippen molar-refractivity contribution in [3.8, 4) is 11.1 Å². The van der Waals surface area contributed by atoms with Crippen LogP contribution in [0.1, 0.15) is 20.8 Å². The number of nitrogens with zero attached hydrogens (tertiary/aromatic N) is 1. The molecule has 2 rings (SSSR count). The lowest BCUT2D eigenvalue weighted by Gasteiger charge is -2.06. The van der Waals surface area contributed by atoms with Gasteiger partial charge in [0.2, 0.25) is 5.82 Å². The number of aromatic amines is 1. The largest absolute Gasteiger partial charge is 0.431 e. The number of carbonyl (C=O) groups excluding carboxylic acids is 2. The number of halogens is 1. The SMILES string of the molecule is C=COC(=O)c1c[nH]c(C(N)=O)c1-c1ccc([N+](=O)[O-])c(F)c1. The fraction of sp³-hybridized carbons (Fsp3) is 0. The molecule has 118 valence electrons. The fourth-order valence-corrected chi connectivity index (χ4v) is 2.03. The number of esters is 1. The zero-order valence-electron chi connectivity index (χ0n) is 11.5. The van der Waals surface area contributed by atoms with E-state index >= 15 is 0 Å². The Hall–Kier alpha value is -3.49. The Kier molecular flexibility index (Phi) is 4.21. The zero-order chi connectivity index (χ0) is 17.1. The summed E-state index contributed by atoms with van der Waals surface area (Å²) in [6, 6.07) is 2.95. The summed E-state index contributed by atoms with van der Waals surface area (Å²) in [4.78, 5) is 35.6. The summed E-state index contributed by atoms with van der Waals surface area (Å²) in [7, 11) is 0. The van der Waals surface area contributed by atoms with E-state index in [1.807, 2.05) is 0 Å². The fourth-order valence-electron chi connectivity index (χ4n) is 2.03. The monoisotopic (exact) mass is 319 g/mol. The summed E-state index contributed by atoms with van der Waals surface area (Å²) >= 11 is 0. The third-order valence-corrected chi connectivity index (χ3v) is 2.97. The van der Waals surface area contributed by atoms with E-state index in [9.17, 15) is 24.1 Å². The molecule has 0 saturated carbocycles. The van der Waals surface area contributed by atoms with Gasteiger partial charge >= 0.3 is 11.7 Å². The van der Waals surface area contributed by atoms with Crippen LogP contribution in [0.25, 0.3) is 11.1 Å². The van der Waals surface area contributed by atoms with Gasteiger partial charge in [-0.3, -0.25) is 14.9 Å². The summed E-state index contributed by atoms with van der Waals surface area (Å²) < 4.78 is 18.4. The molecule has 0 radical (unpaired) electrons. The highest BCUT2D eigenvalue weighted by molar-refractivity contribution is 6.06. The summed E-state index contributed by atoms with van der Waals surface area (Å²) in [5.74, 6) is -2.86. The Morgan fingerprint density at radius 1 is 1.43 bits per heavy atom. The average molecular weight is 319 g/mol. The number of H-pyrrole nitrogens is 1. The van der Waals surface area contributed by atoms with Crippen LogP contribution in [0.5, 0.6) is 0 Å². The highest BCUT2D eigenvalue weighted by Crippen LogP contribution is 2.31. The number of primary amides is 1. The van der Waals surface area contributed by atoms with E-state index in [1.165, 1.54) is 12.3 Å². The van der Waals surface area contributed by atoms with Crippen molar-refractivity contribution in [2.75, 3.05) is 0 Å². The molecule has 0 bridgehead atoms. The molecule has 9 heteroatoms. The maximum atomic E-state index is 13.8. The van der Waals surface area contributed by atoms with Crippen molar-refractivity contribution in [1.29, 1.82) is 0 Å². The van der Waals surface area contributed by atoms with Crippen LogP contribution in [0.4, 0.5) is 10.1 Å². The van der Waals surface area contributed by atoms with Gasteiger partial charge in [0.15, 0.2) is 0 Å². The Morgan fingerprint density at radius 2 is 2.13 bits per heavy atom. The molecule has 0 aliphatic heterocycles. The topological polar surface area (TPSA) is 128 Å². The van der Waals surface area contributed by atoms with E-state index in [2.05, 4.69) is 16.3 Å². The number of nitrogens with two attached hydrogens (primary N) is 1. The molecule has 3 N–H and O–H groups in total. The number of nitrogens with one attached hydrogen (secondary N) is 1. The molecule has 0 spiro atoms. The van der Waals surface area contributed by atoms with Crippen molar-refractivity contribution in [2.45, 2.75) is 0 Å². The second-order valence-corrected chi connectivity index (χ2v) is 4.31. The van der Waals surface area contributed by atoms with Crippen LogP contribution in [0.2, 0.25) is 0 Å². The Balaban J connectivity index is 2.65. The van der Waals surface area contributed by atoms with Crippen LogP contribution in [0.15, 0.2) is 37.2 Å². The summed E-state index contributed by atoms with van der Waals surface area (Å²) in [6.07, 6.45) is 2.06. The first-order chi connectivity index (χ1) is 10.9. The van der Waals surface area contributed by atoms with Gasteiger partial charge in [-0.2, -0.15) is 4.39 Å². The molecule has 1 aromatic carbocycles. The maximum absolute atomic E-state index is 13.8. The maximum Gasteiger partial charge on any atom is 0.345 e. The number of aromatic nitrogens is 1. The van der Waals surface area contributed by atoms with Crippen molar-refractivity contribution in [3.05, 3.63) is 64.4 Å². The lowest BCUT2D eigenvalue weighted by molar-refractivity contribution is -0.387. The van der Waals surface area contributed by atoms with Crippen LogP contribution in [0.3, 0.4) is 0 Å². The molecule has 1 amide bonds. The number of hydrogen-bond donors (Lipinski definition) is 2. The van der Waals surface area contributed by atoms with E-state index in [-0.39, 0.29) is 22.4 Å². The number of amides is 1. The summed E-state index contributed by atoms with van der Waals surface area (Å²) in [5.41, 5.74) is 4.27. The number of rotatable bonds is 5. The number of hydrogen-bond acceptors (Lipinski definition) is 5. The Morgan fingerprint density at radius 3 is 2.65 bits per heavy atom. The number of carbonyl (C=O) groups is 2. The van der Waals surface area contributed by atoms with Gasteiger partial charge in [0, 0.05) is 17.8 Å². The molecule has 23 heavy (non-hydrogen) atoms. The van der Waals surface area contributed by atoms with Gasteiger partial charge in [-0.25, -0.2) is 4.79 Å². The first-order valence-corrected chi connectivity index (χ1v) is 6.14. The van der Waals surface area contributed by atoms with Crippen LogP contribution < -0.4 is 5.73 Å². The molecule has 0 aliphatic carbocycles. The van der Waals surface area contributed by atoms with Gasteiger partial charge in [0.1, 0.15) is 5.69 Å². The lowest BCUT2D eigenvalue weighted by atomic mass is 10.0. The molecule has 0 unspecified atom stereocenters. The van der Waals surface area contributed by atoms with Gasteiger partial charge in [-0.05, 0) is 17.7 Å². The number of nitro benzene ring substituents is 1. The standard InChI is InChI=1S/C14H10FN3O5/c1-2-23-14(20)8-6-17-12(13(16)19)11(8)7-3-4-10(18(21)22)9(15)5-7/h2-6,17H,1H2,(H2,16,19). The first-order valence-electron chi connectivity index (χ1n) is 6.14. The molecule has 2 aromatic rings. The van der Waals surface area contributed by atoms with E-state index in [0.29, 0.717) is 0 Å². The summed E-state index contributed by atoms with van der Waals surface area (Å²) in [5, 5.41) is 10.7.